The number of carbonyl (C=O) groups excluding carboxylic acids is 2. The third-order valence-corrected chi connectivity index (χ3v) is 6.19. The van der Waals surface area contributed by atoms with E-state index in [0.29, 0.717) is 19.4 Å². The number of ether oxygens (including phenoxy) is 2. The highest BCUT2D eigenvalue weighted by Crippen LogP contribution is 2.22. The summed E-state index contributed by atoms with van der Waals surface area (Å²) >= 11 is 0. The molecule has 2 rings (SSSR count). The quantitative estimate of drug-likeness (QED) is 0.219. The predicted molar refractivity (Wildman–Crippen MR) is 141 cm³/mol. The number of carbonyl (C=O) groups is 3. The van der Waals surface area contributed by atoms with Crippen LogP contribution in [0.5, 0.6) is 0 Å². The van der Waals surface area contributed by atoms with Crippen LogP contribution >= 0.6 is 0 Å². The summed E-state index contributed by atoms with van der Waals surface area (Å²) in [5.41, 5.74) is -0.692. The van der Waals surface area contributed by atoms with Crippen molar-refractivity contribution < 1.29 is 29.0 Å². The number of amides is 2. The van der Waals surface area contributed by atoms with Gasteiger partial charge in [0.2, 0.25) is 0 Å². The van der Waals surface area contributed by atoms with Gasteiger partial charge in [0.15, 0.2) is 0 Å². The lowest BCUT2D eigenvalue weighted by Gasteiger charge is -2.30. The lowest BCUT2D eigenvalue weighted by atomic mass is 9.91. The van der Waals surface area contributed by atoms with E-state index >= 15 is 0 Å². The molecule has 0 aromatic rings. The van der Waals surface area contributed by atoms with Gasteiger partial charge in [0.1, 0.15) is 18.2 Å². The molecule has 9 heteroatoms. The third-order valence-electron chi connectivity index (χ3n) is 6.19. The highest BCUT2D eigenvalue weighted by atomic mass is 16.6. The standard InChI is InChI=1S/C15H26N2O6.C12H23N/c1-5-10-22-13(20)16-9-7-6-8-11(12(18)19)17-14(21)23-15(2,3)4;1-3-7-11(8-4-1)13-12-9-5-2-6-10-12/h5,11H,1,6-10H2,2-4H3,(H,16,20)(H,17,21)(H,18,19);11-13H,1-10H2. The molecule has 9 nitrogen and oxygen atoms in total. The normalized spacial score (nSPS) is 17.6. The maximum absolute atomic E-state index is 11.6. The Morgan fingerprint density at radius 1 is 0.944 bits per heavy atom. The second-order valence-corrected chi connectivity index (χ2v) is 10.7. The van der Waals surface area contributed by atoms with Gasteiger partial charge in [0.05, 0.1) is 0 Å². The number of alkyl carbamates (subject to hydrolysis) is 2. The summed E-state index contributed by atoms with van der Waals surface area (Å²) in [5, 5.41) is 17.8. The number of hydrogen-bond acceptors (Lipinski definition) is 6. The summed E-state index contributed by atoms with van der Waals surface area (Å²) in [4.78, 5) is 33.8. The number of hydrogen-bond donors (Lipinski definition) is 4. The van der Waals surface area contributed by atoms with E-state index in [4.69, 9.17) is 14.6 Å². The molecule has 1 unspecified atom stereocenters. The second kappa shape index (κ2) is 18.0. The van der Waals surface area contributed by atoms with Crippen LogP contribution in [0.3, 0.4) is 0 Å². The number of aliphatic carboxylic acids is 1. The van der Waals surface area contributed by atoms with E-state index in [9.17, 15) is 14.4 Å². The van der Waals surface area contributed by atoms with E-state index in [1.54, 1.807) is 20.8 Å². The molecular weight excluding hydrogens is 462 g/mol. The first kappa shape index (κ1) is 31.7. The number of unbranched alkanes of at least 4 members (excludes halogenated alkanes) is 1. The third kappa shape index (κ3) is 16.4. The largest absolute Gasteiger partial charge is 0.480 e. The Bertz CT molecular complexity index is 636. The lowest BCUT2D eigenvalue weighted by Crippen LogP contribution is -2.43. The number of rotatable bonds is 11. The van der Waals surface area contributed by atoms with Gasteiger partial charge < -0.3 is 30.5 Å². The van der Waals surface area contributed by atoms with Gasteiger partial charge >= 0.3 is 18.2 Å². The minimum atomic E-state index is -1.13. The van der Waals surface area contributed by atoms with Crippen LogP contribution in [0.4, 0.5) is 9.59 Å². The van der Waals surface area contributed by atoms with Gasteiger partial charge in [-0.2, -0.15) is 0 Å². The molecule has 2 amide bonds. The number of carboxylic acid groups (broad SMARTS) is 1. The van der Waals surface area contributed by atoms with Crippen LogP contribution in [-0.2, 0) is 14.3 Å². The minimum Gasteiger partial charge on any atom is -0.480 e. The minimum absolute atomic E-state index is 0.132. The summed E-state index contributed by atoms with van der Waals surface area (Å²) in [5.74, 6) is -1.13. The van der Waals surface area contributed by atoms with Gasteiger partial charge in [0, 0.05) is 18.6 Å². The highest BCUT2D eigenvalue weighted by molar-refractivity contribution is 5.79. The molecule has 2 fully saturated rings. The van der Waals surface area contributed by atoms with Crippen molar-refractivity contribution >= 4 is 18.2 Å². The number of carboxylic acids is 1. The van der Waals surface area contributed by atoms with Crippen molar-refractivity contribution in [2.45, 2.75) is 128 Å². The van der Waals surface area contributed by atoms with Gasteiger partial charge in [-0.05, 0) is 65.7 Å². The smallest absolute Gasteiger partial charge is 0.408 e. The Morgan fingerprint density at radius 3 is 1.97 bits per heavy atom. The summed E-state index contributed by atoms with van der Waals surface area (Å²) in [6, 6.07) is 0.714. The Kier molecular flexibility index (Phi) is 15.9. The molecule has 2 aliphatic rings. The zero-order valence-corrected chi connectivity index (χ0v) is 22.6. The summed E-state index contributed by atoms with van der Waals surface area (Å²) < 4.78 is 9.74. The van der Waals surface area contributed by atoms with E-state index in [2.05, 4.69) is 22.5 Å². The van der Waals surface area contributed by atoms with Crippen molar-refractivity contribution in [3.05, 3.63) is 12.7 Å². The van der Waals surface area contributed by atoms with Crippen molar-refractivity contribution in [3.63, 3.8) is 0 Å². The van der Waals surface area contributed by atoms with Crippen LogP contribution in [0.2, 0.25) is 0 Å². The first-order valence-corrected chi connectivity index (χ1v) is 13.6. The molecule has 0 aromatic carbocycles. The molecule has 4 N–H and O–H groups in total. The lowest BCUT2D eigenvalue weighted by molar-refractivity contribution is -0.139. The van der Waals surface area contributed by atoms with Crippen molar-refractivity contribution in [3.8, 4) is 0 Å². The number of nitrogens with one attached hydrogen (secondary N) is 3. The fourth-order valence-corrected chi connectivity index (χ4v) is 4.43. The Labute approximate surface area is 217 Å². The highest BCUT2D eigenvalue weighted by Gasteiger charge is 2.23. The van der Waals surface area contributed by atoms with Crippen LogP contribution in [0.1, 0.15) is 104 Å². The molecule has 36 heavy (non-hydrogen) atoms. The predicted octanol–water partition coefficient (Wildman–Crippen LogP) is 5.29. The molecule has 0 bridgehead atoms. The molecule has 2 aliphatic carbocycles. The van der Waals surface area contributed by atoms with Crippen molar-refractivity contribution in [1.82, 2.24) is 16.0 Å². The maximum atomic E-state index is 11.6. The van der Waals surface area contributed by atoms with E-state index in [0.717, 1.165) is 12.1 Å². The molecule has 0 aromatic heterocycles. The van der Waals surface area contributed by atoms with Crippen LogP contribution < -0.4 is 16.0 Å². The first-order valence-electron chi connectivity index (χ1n) is 13.6. The molecule has 0 spiro atoms. The fourth-order valence-electron chi connectivity index (χ4n) is 4.43. The average molecular weight is 512 g/mol. The summed E-state index contributed by atoms with van der Waals surface area (Å²) in [6.07, 6.45) is 16.0. The molecule has 208 valence electrons. The van der Waals surface area contributed by atoms with Crippen molar-refractivity contribution in [2.24, 2.45) is 0 Å². The van der Waals surface area contributed by atoms with Gasteiger partial charge in [-0.1, -0.05) is 51.2 Å². The van der Waals surface area contributed by atoms with Crippen LogP contribution in [0, 0.1) is 0 Å². The average Bonchev–Trinajstić information content (AvgIpc) is 2.82. The SMILES string of the molecule is C1CCC(NC2CCCCC2)CC1.C=CCOC(=O)NCCCCC(NC(=O)OC(C)(C)C)C(=O)O. The van der Waals surface area contributed by atoms with E-state index < -0.39 is 29.8 Å². The van der Waals surface area contributed by atoms with Gasteiger partial charge in [0.25, 0.3) is 0 Å². The zero-order valence-electron chi connectivity index (χ0n) is 22.6. The van der Waals surface area contributed by atoms with Crippen LogP contribution in [-0.4, -0.2) is 60.1 Å². The Balaban J connectivity index is 0.000000414. The Morgan fingerprint density at radius 2 is 1.50 bits per heavy atom. The summed E-state index contributed by atoms with van der Waals surface area (Å²) in [6.45, 7) is 8.99. The molecular formula is C27H49N3O6. The molecule has 0 radical (unpaired) electrons. The van der Waals surface area contributed by atoms with Gasteiger partial charge in [-0.3, -0.25) is 0 Å². The first-order chi connectivity index (χ1) is 17.1. The second-order valence-electron chi connectivity index (χ2n) is 10.7. The van der Waals surface area contributed by atoms with E-state index in [-0.39, 0.29) is 13.0 Å². The van der Waals surface area contributed by atoms with Gasteiger partial charge in [-0.15, -0.1) is 0 Å². The van der Waals surface area contributed by atoms with Gasteiger partial charge in [-0.25, -0.2) is 14.4 Å². The molecule has 0 heterocycles. The monoisotopic (exact) mass is 511 g/mol. The zero-order chi connectivity index (χ0) is 26.8. The maximum Gasteiger partial charge on any atom is 0.408 e. The Hall–Kier alpha value is -2.29. The molecule has 0 saturated heterocycles. The summed E-state index contributed by atoms with van der Waals surface area (Å²) in [7, 11) is 0. The molecule has 1 atom stereocenters. The van der Waals surface area contributed by atoms with Crippen molar-refractivity contribution in [2.75, 3.05) is 13.2 Å². The van der Waals surface area contributed by atoms with Crippen LogP contribution in [0.15, 0.2) is 12.7 Å². The van der Waals surface area contributed by atoms with E-state index in [1.807, 2.05) is 0 Å². The van der Waals surface area contributed by atoms with Crippen LogP contribution in [0.25, 0.3) is 0 Å². The topological polar surface area (TPSA) is 126 Å². The van der Waals surface area contributed by atoms with E-state index in [1.165, 1.54) is 70.3 Å². The van der Waals surface area contributed by atoms with Crippen molar-refractivity contribution in [1.29, 1.82) is 0 Å². The molecule has 2 saturated carbocycles. The fraction of sp³-hybridized carbons (Fsp3) is 0.815. The molecule has 0 aliphatic heterocycles.